The van der Waals surface area contributed by atoms with Gasteiger partial charge in [0.25, 0.3) is 0 Å². The molecule has 0 radical (unpaired) electrons. The summed E-state index contributed by atoms with van der Waals surface area (Å²) >= 11 is 3.07. The zero-order chi connectivity index (χ0) is 12.1. The third kappa shape index (κ3) is 2.82. The largest absolute Gasteiger partial charge is 0.465 e. The molecule has 0 aliphatic carbocycles. The number of nitrogen functional groups attached to an aromatic ring is 1. The van der Waals surface area contributed by atoms with Crippen LogP contribution in [-0.2, 0) is 16.0 Å². The van der Waals surface area contributed by atoms with E-state index in [0.717, 1.165) is 0 Å². The van der Waals surface area contributed by atoms with Crippen molar-refractivity contribution in [3.8, 4) is 0 Å². The Hall–Kier alpha value is -1.36. The molecule has 1 aromatic rings. The van der Waals surface area contributed by atoms with Crippen molar-refractivity contribution < 1.29 is 14.3 Å². The van der Waals surface area contributed by atoms with E-state index in [-0.39, 0.29) is 17.5 Å². The molecule has 5 heteroatoms. The number of ether oxygens (including phenoxy) is 1. The first kappa shape index (κ1) is 12.7. The van der Waals surface area contributed by atoms with Gasteiger partial charge >= 0.3 is 5.97 Å². The van der Waals surface area contributed by atoms with Gasteiger partial charge in [0.05, 0.1) is 18.0 Å². The van der Waals surface area contributed by atoms with Gasteiger partial charge in [0.2, 0.25) is 0 Å². The van der Waals surface area contributed by atoms with Crippen LogP contribution in [0, 0.1) is 0 Å². The van der Waals surface area contributed by atoms with E-state index < -0.39 is 5.97 Å². The standard InChI is InChI=1S/C11H12BrNO3/c1-16-11(15)8-3-2-4-10(13)9(8)5-7(14)6-12/h2-4H,5-6,13H2,1H3. The smallest absolute Gasteiger partial charge is 0.338 e. The Morgan fingerprint density at radius 3 is 2.69 bits per heavy atom. The summed E-state index contributed by atoms with van der Waals surface area (Å²) in [4.78, 5) is 22.8. The van der Waals surface area contributed by atoms with Gasteiger partial charge in [-0.15, -0.1) is 0 Å². The molecule has 0 atom stereocenters. The van der Waals surface area contributed by atoms with Gasteiger partial charge in [-0.3, -0.25) is 4.79 Å². The van der Waals surface area contributed by atoms with Crippen molar-refractivity contribution in [2.24, 2.45) is 0 Å². The fourth-order valence-electron chi connectivity index (χ4n) is 1.35. The number of hydrogen-bond acceptors (Lipinski definition) is 4. The molecule has 0 fully saturated rings. The maximum Gasteiger partial charge on any atom is 0.338 e. The lowest BCUT2D eigenvalue weighted by Gasteiger charge is -2.09. The number of nitrogens with two attached hydrogens (primary N) is 1. The van der Waals surface area contributed by atoms with Crippen molar-refractivity contribution in [1.29, 1.82) is 0 Å². The van der Waals surface area contributed by atoms with Gasteiger partial charge in [-0.25, -0.2) is 4.79 Å². The van der Waals surface area contributed by atoms with E-state index in [4.69, 9.17) is 5.73 Å². The van der Waals surface area contributed by atoms with Crippen molar-refractivity contribution in [1.82, 2.24) is 0 Å². The molecule has 0 amide bonds. The molecule has 4 nitrogen and oxygen atoms in total. The van der Waals surface area contributed by atoms with Crippen molar-refractivity contribution in [3.05, 3.63) is 29.3 Å². The summed E-state index contributed by atoms with van der Waals surface area (Å²) in [5.74, 6) is -0.521. The van der Waals surface area contributed by atoms with Crippen LogP contribution < -0.4 is 5.73 Å². The molecule has 0 heterocycles. The van der Waals surface area contributed by atoms with Gasteiger partial charge in [0, 0.05) is 12.1 Å². The molecule has 0 spiro atoms. The monoisotopic (exact) mass is 285 g/mol. The van der Waals surface area contributed by atoms with Gasteiger partial charge in [-0.05, 0) is 17.7 Å². The van der Waals surface area contributed by atoms with E-state index in [2.05, 4.69) is 20.7 Å². The van der Waals surface area contributed by atoms with E-state index in [0.29, 0.717) is 16.8 Å². The van der Waals surface area contributed by atoms with Crippen LogP contribution in [-0.4, -0.2) is 24.2 Å². The molecule has 0 unspecified atom stereocenters. The summed E-state index contributed by atoms with van der Waals surface area (Å²) in [5, 5.41) is 0.238. The Morgan fingerprint density at radius 1 is 1.44 bits per heavy atom. The molecular weight excluding hydrogens is 274 g/mol. The third-order valence-electron chi connectivity index (χ3n) is 2.14. The molecule has 0 saturated carbocycles. The van der Waals surface area contributed by atoms with E-state index in [9.17, 15) is 9.59 Å². The van der Waals surface area contributed by atoms with Crippen LogP contribution in [0.1, 0.15) is 15.9 Å². The second kappa shape index (κ2) is 5.65. The number of carbonyl (C=O) groups excluding carboxylic acids is 2. The third-order valence-corrected chi connectivity index (χ3v) is 2.77. The fraction of sp³-hybridized carbons (Fsp3) is 0.273. The highest BCUT2D eigenvalue weighted by Crippen LogP contribution is 2.19. The van der Waals surface area contributed by atoms with E-state index in [1.54, 1.807) is 18.2 Å². The number of anilines is 1. The van der Waals surface area contributed by atoms with E-state index in [1.807, 2.05) is 0 Å². The summed E-state index contributed by atoms with van der Waals surface area (Å²) in [7, 11) is 1.29. The topological polar surface area (TPSA) is 69.4 Å². The van der Waals surface area contributed by atoms with Crippen molar-refractivity contribution >= 4 is 33.4 Å². The maximum absolute atomic E-state index is 11.5. The summed E-state index contributed by atoms with van der Waals surface area (Å²) in [6.07, 6.45) is 0.127. The number of rotatable bonds is 4. The second-order valence-electron chi connectivity index (χ2n) is 3.21. The van der Waals surface area contributed by atoms with Crippen LogP contribution >= 0.6 is 15.9 Å². The van der Waals surface area contributed by atoms with Crippen LogP contribution in [0.5, 0.6) is 0 Å². The number of methoxy groups -OCH3 is 1. The van der Waals surface area contributed by atoms with Gasteiger partial charge in [-0.2, -0.15) is 0 Å². The highest BCUT2D eigenvalue weighted by Gasteiger charge is 2.16. The fourth-order valence-corrected chi connectivity index (χ4v) is 1.55. The summed E-state index contributed by atoms with van der Waals surface area (Å²) in [5.41, 5.74) is 7.04. The molecule has 1 rings (SSSR count). The van der Waals surface area contributed by atoms with E-state index >= 15 is 0 Å². The predicted octanol–water partition coefficient (Wildman–Crippen LogP) is 1.56. The summed E-state index contributed by atoms with van der Waals surface area (Å²) in [6.45, 7) is 0. The number of Topliss-reactive ketones (excluding diaryl/α,β-unsaturated/α-hetero) is 1. The van der Waals surface area contributed by atoms with Crippen molar-refractivity contribution in [3.63, 3.8) is 0 Å². The van der Waals surface area contributed by atoms with Crippen LogP contribution in [0.2, 0.25) is 0 Å². The lowest BCUT2D eigenvalue weighted by atomic mass is 10.0. The zero-order valence-electron chi connectivity index (χ0n) is 8.83. The molecule has 1 aromatic carbocycles. The minimum Gasteiger partial charge on any atom is -0.465 e. The highest BCUT2D eigenvalue weighted by molar-refractivity contribution is 9.09. The van der Waals surface area contributed by atoms with Crippen LogP contribution in [0.15, 0.2) is 18.2 Å². The van der Waals surface area contributed by atoms with Crippen LogP contribution in [0.25, 0.3) is 0 Å². The molecule has 0 bridgehead atoms. The quantitative estimate of drug-likeness (QED) is 0.518. The Balaban J connectivity index is 3.13. The summed E-state index contributed by atoms with van der Waals surface area (Å²) < 4.78 is 4.63. The Labute approximate surface area is 102 Å². The normalized spacial score (nSPS) is 9.88. The highest BCUT2D eigenvalue weighted by atomic mass is 79.9. The number of hydrogen-bond donors (Lipinski definition) is 1. The molecular formula is C11H12BrNO3. The predicted molar refractivity (Wildman–Crippen MR) is 64.7 cm³/mol. The number of ketones is 1. The Bertz CT molecular complexity index is 418. The lowest BCUT2D eigenvalue weighted by molar-refractivity contribution is -0.115. The minimum absolute atomic E-state index is 0.0388. The summed E-state index contributed by atoms with van der Waals surface area (Å²) in [6, 6.07) is 4.91. The average molecular weight is 286 g/mol. The SMILES string of the molecule is COC(=O)c1cccc(N)c1CC(=O)CBr. The first-order chi connectivity index (χ1) is 7.60. The van der Waals surface area contributed by atoms with Gasteiger partial charge < -0.3 is 10.5 Å². The van der Waals surface area contributed by atoms with Crippen LogP contribution in [0.4, 0.5) is 5.69 Å². The van der Waals surface area contributed by atoms with Crippen molar-refractivity contribution in [2.75, 3.05) is 18.2 Å². The number of esters is 1. The number of carbonyl (C=O) groups is 2. The van der Waals surface area contributed by atoms with E-state index in [1.165, 1.54) is 7.11 Å². The number of halogens is 1. The zero-order valence-corrected chi connectivity index (χ0v) is 10.4. The van der Waals surface area contributed by atoms with Gasteiger partial charge in [-0.1, -0.05) is 22.0 Å². The molecule has 0 aliphatic heterocycles. The molecule has 0 aromatic heterocycles. The van der Waals surface area contributed by atoms with Crippen LogP contribution in [0.3, 0.4) is 0 Å². The first-order valence-corrected chi connectivity index (χ1v) is 5.75. The molecule has 2 N–H and O–H groups in total. The molecule has 86 valence electrons. The van der Waals surface area contributed by atoms with Crippen molar-refractivity contribution in [2.45, 2.75) is 6.42 Å². The second-order valence-corrected chi connectivity index (χ2v) is 3.77. The molecule has 16 heavy (non-hydrogen) atoms. The number of alkyl halides is 1. The van der Waals surface area contributed by atoms with Gasteiger partial charge in [0.1, 0.15) is 5.78 Å². The van der Waals surface area contributed by atoms with Gasteiger partial charge in [0.15, 0.2) is 0 Å². The number of benzene rings is 1. The molecule has 0 aliphatic rings. The maximum atomic E-state index is 11.5. The average Bonchev–Trinajstić information content (AvgIpc) is 2.30. The lowest BCUT2D eigenvalue weighted by Crippen LogP contribution is -2.13. The first-order valence-electron chi connectivity index (χ1n) is 4.63. The minimum atomic E-state index is -0.482. The Morgan fingerprint density at radius 2 is 2.12 bits per heavy atom. The Kier molecular flexibility index (Phi) is 4.49. The molecule has 0 saturated heterocycles.